The van der Waals surface area contributed by atoms with Gasteiger partial charge in [0.05, 0.1) is 18.2 Å². The van der Waals surface area contributed by atoms with Crippen molar-refractivity contribution in [2.45, 2.75) is 37.3 Å². The standard InChI is InChI=1S/C19H21N3O5/c23-18(16-9-15(21-22-16)11-1-2-11)20-14-7-8-26-10-17(14)27-13-5-3-12(4-6-13)19(24)25/h3-6,9,11,14,17H,1-2,7-8,10H2,(H,20,23)(H,21,22)(H,24,25)/t14-,17-/m1/s1. The highest BCUT2D eigenvalue weighted by molar-refractivity contribution is 5.92. The lowest BCUT2D eigenvalue weighted by atomic mass is 10.1. The number of amides is 1. The first-order valence-corrected chi connectivity index (χ1v) is 9.04. The zero-order valence-corrected chi connectivity index (χ0v) is 14.7. The number of carboxylic acids is 1. The van der Waals surface area contributed by atoms with Crippen molar-refractivity contribution in [1.29, 1.82) is 0 Å². The zero-order valence-electron chi connectivity index (χ0n) is 14.7. The highest BCUT2D eigenvalue weighted by atomic mass is 16.5. The maximum atomic E-state index is 12.5. The van der Waals surface area contributed by atoms with Crippen molar-refractivity contribution in [3.8, 4) is 5.75 Å². The van der Waals surface area contributed by atoms with Crippen molar-refractivity contribution < 1.29 is 24.2 Å². The SMILES string of the molecule is O=C(O)c1ccc(O[C@@H]2COCC[C@H]2NC(=O)c2cc(C3CC3)[nH]n2)cc1. The number of benzene rings is 1. The van der Waals surface area contributed by atoms with Crippen molar-refractivity contribution >= 4 is 11.9 Å². The van der Waals surface area contributed by atoms with Crippen LogP contribution in [0.5, 0.6) is 5.75 Å². The molecule has 0 unspecified atom stereocenters. The molecule has 1 saturated carbocycles. The quantitative estimate of drug-likeness (QED) is 0.715. The molecule has 1 amide bonds. The Morgan fingerprint density at radius 3 is 2.70 bits per heavy atom. The van der Waals surface area contributed by atoms with Crippen LogP contribution in [-0.2, 0) is 4.74 Å². The number of ether oxygens (including phenoxy) is 2. The van der Waals surface area contributed by atoms with Crippen LogP contribution in [-0.4, -0.2) is 52.5 Å². The summed E-state index contributed by atoms with van der Waals surface area (Å²) in [4.78, 5) is 23.5. The van der Waals surface area contributed by atoms with Crippen LogP contribution in [0.4, 0.5) is 0 Å². The number of rotatable bonds is 6. The van der Waals surface area contributed by atoms with Gasteiger partial charge in [-0.2, -0.15) is 5.10 Å². The van der Waals surface area contributed by atoms with E-state index in [1.807, 2.05) is 6.07 Å². The second-order valence-electron chi connectivity index (χ2n) is 6.91. The number of aromatic carboxylic acids is 1. The van der Waals surface area contributed by atoms with Crippen LogP contribution in [0.15, 0.2) is 30.3 Å². The van der Waals surface area contributed by atoms with E-state index in [1.165, 1.54) is 12.1 Å². The van der Waals surface area contributed by atoms with E-state index in [0.29, 0.717) is 37.0 Å². The Morgan fingerprint density at radius 2 is 2.00 bits per heavy atom. The number of aromatic amines is 1. The molecule has 27 heavy (non-hydrogen) atoms. The zero-order chi connectivity index (χ0) is 18.8. The third-order valence-electron chi connectivity index (χ3n) is 4.86. The molecule has 2 aromatic rings. The summed E-state index contributed by atoms with van der Waals surface area (Å²) >= 11 is 0. The summed E-state index contributed by atoms with van der Waals surface area (Å²) in [6, 6.07) is 7.77. The molecule has 2 aliphatic rings. The molecule has 2 heterocycles. The monoisotopic (exact) mass is 371 g/mol. The molecule has 1 aromatic heterocycles. The molecule has 0 radical (unpaired) electrons. The minimum Gasteiger partial charge on any atom is -0.486 e. The number of nitrogens with one attached hydrogen (secondary N) is 2. The van der Waals surface area contributed by atoms with Gasteiger partial charge in [0, 0.05) is 18.2 Å². The first kappa shape index (κ1) is 17.5. The van der Waals surface area contributed by atoms with Gasteiger partial charge in [0.15, 0.2) is 0 Å². The van der Waals surface area contributed by atoms with E-state index in [0.717, 1.165) is 18.5 Å². The maximum absolute atomic E-state index is 12.5. The van der Waals surface area contributed by atoms with Gasteiger partial charge in [-0.25, -0.2) is 4.79 Å². The fourth-order valence-corrected chi connectivity index (χ4v) is 3.14. The lowest BCUT2D eigenvalue weighted by Crippen LogP contribution is -2.51. The summed E-state index contributed by atoms with van der Waals surface area (Å²) < 4.78 is 11.4. The molecule has 8 nitrogen and oxygen atoms in total. The Labute approximate surface area is 155 Å². The Balaban J connectivity index is 1.40. The molecular formula is C19H21N3O5. The minimum absolute atomic E-state index is 0.192. The highest BCUT2D eigenvalue weighted by Gasteiger charge is 2.31. The van der Waals surface area contributed by atoms with Gasteiger partial charge in [0.25, 0.3) is 5.91 Å². The van der Waals surface area contributed by atoms with Gasteiger partial charge in [-0.1, -0.05) is 0 Å². The molecule has 3 N–H and O–H groups in total. The van der Waals surface area contributed by atoms with Gasteiger partial charge in [0.2, 0.25) is 0 Å². The third kappa shape index (κ3) is 4.11. The van der Waals surface area contributed by atoms with Crippen LogP contribution in [0.25, 0.3) is 0 Å². The van der Waals surface area contributed by atoms with Gasteiger partial charge < -0.3 is 19.9 Å². The van der Waals surface area contributed by atoms with Crippen LogP contribution in [0.1, 0.15) is 51.7 Å². The fourth-order valence-electron chi connectivity index (χ4n) is 3.14. The number of nitrogens with zero attached hydrogens (tertiary/aromatic N) is 1. The molecule has 8 heteroatoms. The molecule has 142 valence electrons. The Kier molecular flexibility index (Phi) is 4.81. The van der Waals surface area contributed by atoms with Crippen LogP contribution in [0.2, 0.25) is 0 Å². The number of carboxylic acid groups (broad SMARTS) is 1. The number of hydrogen-bond acceptors (Lipinski definition) is 5. The summed E-state index contributed by atoms with van der Waals surface area (Å²) in [5.74, 6) is -0.186. The topological polar surface area (TPSA) is 114 Å². The average molecular weight is 371 g/mol. The van der Waals surface area contributed by atoms with E-state index in [1.54, 1.807) is 12.1 Å². The van der Waals surface area contributed by atoms with Crippen molar-refractivity contribution in [1.82, 2.24) is 15.5 Å². The van der Waals surface area contributed by atoms with Crippen molar-refractivity contribution in [2.24, 2.45) is 0 Å². The van der Waals surface area contributed by atoms with Gasteiger partial charge in [-0.3, -0.25) is 9.89 Å². The summed E-state index contributed by atoms with van der Waals surface area (Å²) in [7, 11) is 0. The molecule has 1 saturated heterocycles. The summed E-state index contributed by atoms with van der Waals surface area (Å²) in [6.07, 6.45) is 2.54. The van der Waals surface area contributed by atoms with Crippen LogP contribution >= 0.6 is 0 Å². The molecule has 2 atom stereocenters. The first-order chi connectivity index (χ1) is 13.1. The highest BCUT2D eigenvalue weighted by Crippen LogP contribution is 2.39. The van der Waals surface area contributed by atoms with Gasteiger partial charge in [-0.05, 0) is 49.6 Å². The number of carbonyl (C=O) groups is 2. The molecule has 2 fully saturated rings. The molecular weight excluding hydrogens is 350 g/mol. The number of aromatic nitrogens is 2. The summed E-state index contributed by atoms with van der Waals surface area (Å²) in [5, 5.41) is 19.0. The van der Waals surface area contributed by atoms with Crippen LogP contribution < -0.4 is 10.1 Å². The van der Waals surface area contributed by atoms with Crippen molar-refractivity contribution in [3.63, 3.8) is 0 Å². The molecule has 0 bridgehead atoms. The Bertz CT molecular complexity index is 828. The second-order valence-corrected chi connectivity index (χ2v) is 6.91. The van der Waals surface area contributed by atoms with E-state index in [9.17, 15) is 9.59 Å². The normalized spacial score (nSPS) is 22.2. The lowest BCUT2D eigenvalue weighted by molar-refractivity contribution is -0.0135. The average Bonchev–Trinajstić information content (AvgIpc) is 3.40. The van der Waals surface area contributed by atoms with Crippen molar-refractivity contribution in [3.05, 3.63) is 47.3 Å². The van der Waals surface area contributed by atoms with Crippen LogP contribution in [0, 0.1) is 0 Å². The fraction of sp³-hybridized carbons (Fsp3) is 0.421. The molecule has 1 aliphatic heterocycles. The third-order valence-corrected chi connectivity index (χ3v) is 4.86. The number of carbonyl (C=O) groups excluding carboxylic acids is 1. The number of H-pyrrole nitrogens is 1. The van der Waals surface area contributed by atoms with E-state index < -0.39 is 5.97 Å². The Hall–Kier alpha value is -2.87. The van der Waals surface area contributed by atoms with Gasteiger partial charge >= 0.3 is 5.97 Å². The molecule has 4 rings (SSSR count). The smallest absolute Gasteiger partial charge is 0.335 e. The molecule has 1 aromatic carbocycles. The van der Waals surface area contributed by atoms with Crippen molar-refractivity contribution in [2.75, 3.05) is 13.2 Å². The van der Waals surface area contributed by atoms with Crippen LogP contribution in [0.3, 0.4) is 0 Å². The Morgan fingerprint density at radius 1 is 1.22 bits per heavy atom. The first-order valence-electron chi connectivity index (χ1n) is 9.04. The van der Waals surface area contributed by atoms with Gasteiger partial charge in [-0.15, -0.1) is 0 Å². The predicted molar refractivity (Wildman–Crippen MR) is 95.1 cm³/mol. The molecule has 1 aliphatic carbocycles. The van der Waals surface area contributed by atoms with E-state index in [2.05, 4.69) is 15.5 Å². The maximum Gasteiger partial charge on any atom is 0.335 e. The van der Waals surface area contributed by atoms with E-state index in [-0.39, 0.29) is 23.6 Å². The van der Waals surface area contributed by atoms with E-state index >= 15 is 0 Å². The predicted octanol–water partition coefficient (Wildman–Crippen LogP) is 1.95. The van der Waals surface area contributed by atoms with Gasteiger partial charge in [0.1, 0.15) is 17.5 Å². The summed E-state index contributed by atoms with van der Waals surface area (Å²) in [6.45, 7) is 0.885. The lowest BCUT2D eigenvalue weighted by Gasteiger charge is -2.32. The minimum atomic E-state index is -0.989. The second kappa shape index (κ2) is 7.40. The number of hydrogen-bond donors (Lipinski definition) is 3. The largest absolute Gasteiger partial charge is 0.486 e. The summed E-state index contributed by atoms with van der Waals surface area (Å²) in [5.41, 5.74) is 1.59. The molecule has 0 spiro atoms. The van der Waals surface area contributed by atoms with E-state index in [4.69, 9.17) is 14.6 Å².